The number of rotatable bonds is 6. The van der Waals surface area contributed by atoms with Gasteiger partial charge in [-0.05, 0) is 37.5 Å². The zero-order valence-corrected chi connectivity index (χ0v) is 17.0. The van der Waals surface area contributed by atoms with Crippen LogP contribution in [0.5, 0.6) is 0 Å². The number of ether oxygens (including phenoxy) is 1. The van der Waals surface area contributed by atoms with Crippen molar-refractivity contribution in [2.45, 2.75) is 70.4 Å². The normalized spacial score (nSPS) is 30.0. The molecule has 4 rings (SSSR count). The van der Waals surface area contributed by atoms with Crippen LogP contribution in [0.1, 0.15) is 58.8 Å². The van der Waals surface area contributed by atoms with Crippen LogP contribution >= 0.6 is 0 Å². The molecule has 27 heavy (non-hydrogen) atoms. The van der Waals surface area contributed by atoms with Crippen molar-refractivity contribution >= 4 is 12.0 Å². The standard InChI is InChI=1S/C21H35N3O3/c1-16(2)5-9-24-15-21(27-20(24)26)7-11-22(12-8-21)19(25)6-10-23-14-17-3-4-18(23)13-17/h16-18H,3-15H2,1-2H3/t17-,18+/m0/s1. The van der Waals surface area contributed by atoms with Crippen LogP contribution in [-0.4, -0.2) is 77.6 Å². The average molecular weight is 378 g/mol. The highest BCUT2D eigenvalue weighted by Crippen LogP contribution is 2.37. The number of fused-ring (bicyclic) bond motifs is 2. The van der Waals surface area contributed by atoms with Gasteiger partial charge in [-0.3, -0.25) is 9.69 Å². The predicted molar refractivity (Wildman–Crippen MR) is 103 cm³/mol. The Morgan fingerprint density at radius 2 is 2.00 bits per heavy atom. The summed E-state index contributed by atoms with van der Waals surface area (Å²) in [4.78, 5) is 31.2. The van der Waals surface area contributed by atoms with Gasteiger partial charge in [-0.1, -0.05) is 13.8 Å². The third-order valence-corrected chi connectivity index (χ3v) is 7.18. The van der Waals surface area contributed by atoms with E-state index in [-0.39, 0.29) is 17.6 Å². The van der Waals surface area contributed by atoms with E-state index in [1.165, 1.54) is 25.8 Å². The van der Waals surface area contributed by atoms with Gasteiger partial charge in [0.15, 0.2) is 0 Å². The number of piperidine rings is 2. The lowest BCUT2D eigenvalue weighted by Crippen LogP contribution is -2.49. The minimum atomic E-state index is -0.362. The van der Waals surface area contributed by atoms with E-state index in [4.69, 9.17) is 4.74 Å². The molecule has 1 spiro atoms. The summed E-state index contributed by atoms with van der Waals surface area (Å²) < 4.78 is 5.78. The summed E-state index contributed by atoms with van der Waals surface area (Å²) in [5, 5.41) is 0. The van der Waals surface area contributed by atoms with Gasteiger partial charge in [0.05, 0.1) is 6.54 Å². The molecule has 0 aromatic carbocycles. The lowest BCUT2D eigenvalue weighted by Gasteiger charge is -2.38. The van der Waals surface area contributed by atoms with E-state index in [9.17, 15) is 9.59 Å². The SMILES string of the molecule is CC(C)CCN1CC2(CCN(C(=O)CCN3C[C@H]4CC[C@@H]3C4)CC2)OC1=O. The monoisotopic (exact) mass is 377 g/mol. The summed E-state index contributed by atoms with van der Waals surface area (Å²) in [6.45, 7) is 9.37. The first-order valence-corrected chi connectivity index (χ1v) is 10.9. The van der Waals surface area contributed by atoms with Crippen LogP contribution in [0.15, 0.2) is 0 Å². The summed E-state index contributed by atoms with van der Waals surface area (Å²) in [5.74, 6) is 1.74. The van der Waals surface area contributed by atoms with Gasteiger partial charge in [0, 0.05) is 58.0 Å². The Labute approximate surface area is 163 Å². The fraction of sp³-hybridized carbons (Fsp3) is 0.905. The van der Waals surface area contributed by atoms with Crippen molar-refractivity contribution in [1.29, 1.82) is 0 Å². The molecule has 2 atom stereocenters. The Kier molecular flexibility index (Phi) is 5.36. The van der Waals surface area contributed by atoms with E-state index >= 15 is 0 Å². The van der Waals surface area contributed by atoms with Crippen LogP contribution in [0.3, 0.4) is 0 Å². The van der Waals surface area contributed by atoms with Crippen LogP contribution in [0.2, 0.25) is 0 Å². The Morgan fingerprint density at radius 1 is 1.22 bits per heavy atom. The first kappa shape index (κ1) is 19.0. The van der Waals surface area contributed by atoms with Crippen LogP contribution < -0.4 is 0 Å². The van der Waals surface area contributed by atoms with Crippen molar-refractivity contribution in [3.05, 3.63) is 0 Å². The van der Waals surface area contributed by atoms with E-state index in [0.717, 1.165) is 57.4 Å². The maximum Gasteiger partial charge on any atom is 0.410 e. The number of amides is 2. The molecule has 0 aromatic heterocycles. The van der Waals surface area contributed by atoms with Crippen molar-refractivity contribution in [1.82, 2.24) is 14.7 Å². The second-order valence-corrected chi connectivity index (χ2v) is 9.61. The molecule has 3 heterocycles. The molecule has 2 bridgehead atoms. The van der Waals surface area contributed by atoms with Gasteiger partial charge in [0.2, 0.25) is 5.91 Å². The summed E-state index contributed by atoms with van der Waals surface area (Å²) in [6.07, 6.45) is 7.08. The lowest BCUT2D eigenvalue weighted by molar-refractivity contribution is -0.135. The maximum absolute atomic E-state index is 12.7. The largest absolute Gasteiger partial charge is 0.441 e. The molecule has 1 saturated carbocycles. The molecule has 1 aliphatic carbocycles. The number of carbonyl (C=O) groups excluding carboxylic acids is 2. The summed E-state index contributed by atoms with van der Waals surface area (Å²) in [6, 6.07) is 0.738. The zero-order chi connectivity index (χ0) is 19.0. The van der Waals surface area contributed by atoms with Crippen LogP contribution in [0.25, 0.3) is 0 Å². The number of carbonyl (C=O) groups is 2. The molecule has 2 amide bonds. The number of hydrogen-bond donors (Lipinski definition) is 0. The van der Waals surface area contributed by atoms with Gasteiger partial charge in [-0.15, -0.1) is 0 Å². The maximum atomic E-state index is 12.7. The van der Waals surface area contributed by atoms with Gasteiger partial charge in [-0.2, -0.15) is 0 Å². The molecular formula is C21H35N3O3. The molecule has 4 aliphatic rings. The predicted octanol–water partition coefficient (Wildman–Crippen LogP) is 2.72. The first-order valence-electron chi connectivity index (χ1n) is 10.9. The second kappa shape index (κ2) is 7.61. The van der Waals surface area contributed by atoms with Crippen molar-refractivity contribution in [2.24, 2.45) is 11.8 Å². The van der Waals surface area contributed by atoms with Gasteiger partial charge in [0.1, 0.15) is 5.60 Å². The minimum absolute atomic E-state index is 0.167. The Morgan fingerprint density at radius 3 is 2.63 bits per heavy atom. The molecule has 3 aliphatic heterocycles. The highest BCUT2D eigenvalue weighted by Gasteiger charge is 2.47. The molecule has 4 fully saturated rings. The van der Waals surface area contributed by atoms with Crippen LogP contribution in [0.4, 0.5) is 4.79 Å². The third-order valence-electron chi connectivity index (χ3n) is 7.18. The quantitative estimate of drug-likeness (QED) is 0.714. The van der Waals surface area contributed by atoms with Crippen molar-refractivity contribution in [3.63, 3.8) is 0 Å². The molecule has 3 saturated heterocycles. The Balaban J connectivity index is 1.21. The number of hydrogen-bond acceptors (Lipinski definition) is 4. The lowest BCUT2D eigenvalue weighted by atomic mass is 9.91. The van der Waals surface area contributed by atoms with Crippen molar-refractivity contribution in [3.8, 4) is 0 Å². The number of nitrogens with zero attached hydrogens (tertiary/aromatic N) is 3. The van der Waals surface area contributed by atoms with Crippen molar-refractivity contribution < 1.29 is 14.3 Å². The Bertz CT molecular complexity index is 571. The second-order valence-electron chi connectivity index (χ2n) is 9.61. The summed E-state index contributed by atoms with van der Waals surface area (Å²) in [5.41, 5.74) is -0.362. The molecule has 0 unspecified atom stereocenters. The molecule has 152 valence electrons. The van der Waals surface area contributed by atoms with Crippen LogP contribution in [-0.2, 0) is 9.53 Å². The van der Waals surface area contributed by atoms with Crippen molar-refractivity contribution in [2.75, 3.05) is 39.3 Å². The van der Waals surface area contributed by atoms with E-state index in [1.54, 1.807) is 0 Å². The molecule has 0 radical (unpaired) electrons. The average Bonchev–Trinajstić information content (AvgIpc) is 3.33. The Hall–Kier alpha value is -1.30. The van der Waals surface area contributed by atoms with E-state index in [2.05, 4.69) is 18.7 Å². The topological polar surface area (TPSA) is 53.1 Å². The molecule has 0 aromatic rings. The fourth-order valence-corrected chi connectivity index (χ4v) is 5.40. The minimum Gasteiger partial charge on any atom is -0.441 e. The fourth-order valence-electron chi connectivity index (χ4n) is 5.40. The smallest absolute Gasteiger partial charge is 0.410 e. The molecular weight excluding hydrogens is 342 g/mol. The highest BCUT2D eigenvalue weighted by atomic mass is 16.6. The van der Waals surface area contributed by atoms with Gasteiger partial charge in [0.25, 0.3) is 0 Å². The van der Waals surface area contributed by atoms with E-state index in [0.29, 0.717) is 18.9 Å². The highest BCUT2D eigenvalue weighted by molar-refractivity contribution is 5.76. The molecule has 0 N–H and O–H groups in total. The van der Waals surface area contributed by atoms with Gasteiger partial charge < -0.3 is 14.5 Å². The third kappa shape index (κ3) is 4.10. The van der Waals surface area contributed by atoms with E-state index in [1.807, 2.05) is 9.80 Å². The molecule has 6 heteroatoms. The van der Waals surface area contributed by atoms with Gasteiger partial charge >= 0.3 is 6.09 Å². The zero-order valence-electron chi connectivity index (χ0n) is 17.0. The summed E-state index contributed by atoms with van der Waals surface area (Å²) in [7, 11) is 0. The molecule has 6 nitrogen and oxygen atoms in total. The summed E-state index contributed by atoms with van der Waals surface area (Å²) >= 11 is 0. The van der Waals surface area contributed by atoms with Crippen LogP contribution in [0, 0.1) is 11.8 Å². The van der Waals surface area contributed by atoms with E-state index < -0.39 is 0 Å². The van der Waals surface area contributed by atoms with Gasteiger partial charge in [-0.25, -0.2) is 4.79 Å². The number of likely N-dealkylation sites (tertiary alicyclic amines) is 2. The first-order chi connectivity index (χ1) is 12.9.